The van der Waals surface area contributed by atoms with Gasteiger partial charge >= 0.3 is 6.03 Å². The number of hydrogen-bond donors (Lipinski definition) is 2. The number of rotatable bonds is 6. The lowest BCUT2D eigenvalue weighted by Gasteiger charge is -2.22. The Kier molecular flexibility index (Phi) is 5.01. The summed E-state index contributed by atoms with van der Waals surface area (Å²) in [5.74, 6) is 0.146. The minimum Gasteiger partial charge on any atom is -0.393 e. The van der Waals surface area contributed by atoms with Gasteiger partial charge in [-0.3, -0.25) is 0 Å². The van der Waals surface area contributed by atoms with Crippen molar-refractivity contribution in [2.75, 3.05) is 13.6 Å². The zero-order chi connectivity index (χ0) is 14.5. The summed E-state index contributed by atoms with van der Waals surface area (Å²) in [4.78, 5) is 13.8. The molecule has 1 aliphatic carbocycles. The number of aliphatic hydroxyl groups is 1. The first-order valence-electron chi connectivity index (χ1n) is 7.31. The SMILES string of the molecule is CC(O)CC(CNC(=O)N(C)C1CC1)c1ccccc1. The van der Waals surface area contributed by atoms with Gasteiger partial charge in [-0.1, -0.05) is 30.3 Å². The van der Waals surface area contributed by atoms with Crippen LogP contribution in [0.25, 0.3) is 0 Å². The van der Waals surface area contributed by atoms with Crippen LogP contribution in [0.1, 0.15) is 37.7 Å². The molecule has 2 N–H and O–H groups in total. The second-order valence-electron chi connectivity index (χ2n) is 5.72. The molecule has 1 saturated carbocycles. The lowest BCUT2D eigenvalue weighted by atomic mass is 9.93. The van der Waals surface area contributed by atoms with Gasteiger partial charge in [-0.15, -0.1) is 0 Å². The van der Waals surface area contributed by atoms with Crippen LogP contribution in [0.3, 0.4) is 0 Å². The van der Waals surface area contributed by atoms with Crippen molar-refractivity contribution in [2.45, 2.75) is 44.2 Å². The van der Waals surface area contributed by atoms with E-state index in [4.69, 9.17) is 0 Å². The molecule has 0 radical (unpaired) electrons. The third-order valence-electron chi connectivity index (χ3n) is 3.81. The molecule has 1 fully saturated rings. The Morgan fingerprint density at radius 2 is 2.05 bits per heavy atom. The van der Waals surface area contributed by atoms with E-state index in [0.717, 1.165) is 18.4 Å². The number of nitrogens with zero attached hydrogens (tertiary/aromatic N) is 1. The van der Waals surface area contributed by atoms with E-state index in [1.165, 1.54) is 0 Å². The maximum atomic E-state index is 12.0. The van der Waals surface area contributed by atoms with Gasteiger partial charge in [0.1, 0.15) is 0 Å². The average molecular weight is 276 g/mol. The van der Waals surface area contributed by atoms with Crippen molar-refractivity contribution in [3.63, 3.8) is 0 Å². The zero-order valence-corrected chi connectivity index (χ0v) is 12.2. The summed E-state index contributed by atoms with van der Waals surface area (Å²) < 4.78 is 0. The standard InChI is InChI=1S/C16H24N2O2/c1-12(19)10-14(13-6-4-3-5-7-13)11-17-16(20)18(2)15-8-9-15/h3-7,12,14-15,19H,8-11H2,1-2H3,(H,17,20). The van der Waals surface area contributed by atoms with Crippen molar-refractivity contribution in [2.24, 2.45) is 0 Å². The van der Waals surface area contributed by atoms with E-state index in [1.54, 1.807) is 11.8 Å². The van der Waals surface area contributed by atoms with Gasteiger partial charge in [0, 0.05) is 25.6 Å². The Morgan fingerprint density at radius 3 is 2.60 bits per heavy atom. The van der Waals surface area contributed by atoms with Crippen molar-refractivity contribution < 1.29 is 9.90 Å². The molecule has 4 heteroatoms. The van der Waals surface area contributed by atoms with Crippen LogP contribution in [0.5, 0.6) is 0 Å². The average Bonchev–Trinajstić information content (AvgIpc) is 3.27. The van der Waals surface area contributed by atoms with Gasteiger partial charge in [0.05, 0.1) is 6.10 Å². The van der Waals surface area contributed by atoms with Crippen molar-refractivity contribution in [1.82, 2.24) is 10.2 Å². The summed E-state index contributed by atoms with van der Waals surface area (Å²) in [5.41, 5.74) is 1.16. The first-order valence-corrected chi connectivity index (χ1v) is 7.31. The summed E-state index contributed by atoms with van der Waals surface area (Å²) >= 11 is 0. The van der Waals surface area contributed by atoms with E-state index < -0.39 is 0 Å². The van der Waals surface area contributed by atoms with Gasteiger partial charge in [0.15, 0.2) is 0 Å². The quantitative estimate of drug-likeness (QED) is 0.838. The summed E-state index contributed by atoms with van der Waals surface area (Å²) in [6.07, 6.45) is 2.50. The normalized spacial score (nSPS) is 17.4. The number of aliphatic hydroxyl groups excluding tert-OH is 1. The Labute approximate surface area is 120 Å². The summed E-state index contributed by atoms with van der Waals surface area (Å²) in [5, 5.41) is 12.6. The van der Waals surface area contributed by atoms with Crippen molar-refractivity contribution >= 4 is 6.03 Å². The molecular formula is C16H24N2O2. The molecule has 2 atom stereocenters. The second kappa shape index (κ2) is 6.75. The fourth-order valence-electron chi connectivity index (χ4n) is 2.44. The highest BCUT2D eigenvalue weighted by atomic mass is 16.3. The minimum absolute atomic E-state index is 0.0148. The number of amides is 2. The molecule has 0 saturated heterocycles. The molecule has 2 rings (SSSR count). The molecule has 110 valence electrons. The third kappa shape index (κ3) is 4.23. The van der Waals surface area contributed by atoms with Crippen LogP contribution in [0.4, 0.5) is 4.79 Å². The van der Waals surface area contributed by atoms with Gasteiger partial charge in [0.25, 0.3) is 0 Å². The Morgan fingerprint density at radius 1 is 1.40 bits per heavy atom. The fourth-order valence-corrected chi connectivity index (χ4v) is 2.44. The first-order chi connectivity index (χ1) is 9.58. The minimum atomic E-state index is -0.377. The predicted molar refractivity (Wildman–Crippen MR) is 79.7 cm³/mol. The summed E-state index contributed by atoms with van der Waals surface area (Å²) in [6, 6.07) is 10.4. The van der Waals surface area contributed by atoms with E-state index in [-0.39, 0.29) is 18.1 Å². The molecule has 20 heavy (non-hydrogen) atoms. The summed E-state index contributed by atoms with van der Waals surface area (Å²) in [6.45, 7) is 2.35. The van der Waals surface area contributed by atoms with Crippen LogP contribution in [-0.4, -0.2) is 41.8 Å². The van der Waals surface area contributed by atoms with Crippen molar-refractivity contribution in [1.29, 1.82) is 0 Å². The van der Waals surface area contributed by atoms with Gasteiger partial charge in [-0.05, 0) is 31.7 Å². The lowest BCUT2D eigenvalue weighted by molar-refractivity contribution is 0.171. The van der Waals surface area contributed by atoms with Crippen LogP contribution < -0.4 is 5.32 Å². The smallest absolute Gasteiger partial charge is 0.317 e. The largest absolute Gasteiger partial charge is 0.393 e. The Bertz CT molecular complexity index is 429. The summed E-state index contributed by atoms with van der Waals surface area (Å²) in [7, 11) is 1.85. The lowest BCUT2D eigenvalue weighted by Crippen LogP contribution is -2.40. The highest BCUT2D eigenvalue weighted by Crippen LogP contribution is 2.25. The molecular weight excluding hydrogens is 252 g/mol. The van der Waals surface area contributed by atoms with Crippen LogP contribution in [0.2, 0.25) is 0 Å². The third-order valence-corrected chi connectivity index (χ3v) is 3.81. The first kappa shape index (κ1) is 14.9. The molecule has 0 aliphatic heterocycles. The molecule has 2 amide bonds. The van der Waals surface area contributed by atoms with E-state index in [2.05, 4.69) is 5.32 Å². The molecule has 1 aliphatic rings. The number of benzene rings is 1. The van der Waals surface area contributed by atoms with Gasteiger partial charge in [-0.2, -0.15) is 0 Å². The van der Waals surface area contributed by atoms with E-state index >= 15 is 0 Å². The highest BCUT2D eigenvalue weighted by molar-refractivity contribution is 5.74. The Hall–Kier alpha value is -1.55. The van der Waals surface area contributed by atoms with E-state index in [0.29, 0.717) is 19.0 Å². The van der Waals surface area contributed by atoms with E-state index in [1.807, 2.05) is 37.4 Å². The molecule has 0 heterocycles. The maximum Gasteiger partial charge on any atom is 0.317 e. The van der Waals surface area contributed by atoms with Gasteiger partial charge < -0.3 is 15.3 Å². The van der Waals surface area contributed by atoms with Crippen molar-refractivity contribution in [3.8, 4) is 0 Å². The molecule has 4 nitrogen and oxygen atoms in total. The second-order valence-corrected chi connectivity index (χ2v) is 5.72. The molecule has 1 aromatic rings. The van der Waals surface area contributed by atoms with Crippen LogP contribution in [0, 0.1) is 0 Å². The Balaban J connectivity index is 1.92. The topological polar surface area (TPSA) is 52.6 Å². The fraction of sp³-hybridized carbons (Fsp3) is 0.562. The van der Waals surface area contributed by atoms with Gasteiger partial charge in [-0.25, -0.2) is 4.79 Å². The molecule has 0 spiro atoms. The predicted octanol–water partition coefficient (Wildman–Crippen LogP) is 2.34. The number of carbonyl (C=O) groups excluding carboxylic acids is 1. The number of urea groups is 1. The zero-order valence-electron chi connectivity index (χ0n) is 12.2. The number of nitrogens with one attached hydrogen (secondary N) is 1. The monoisotopic (exact) mass is 276 g/mol. The molecule has 1 aromatic carbocycles. The molecule has 2 unspecified atom stereocenters. The highest BCUT2D eigenvalue weighted by Gasteiger charge is 2.29. The number of hydrogen-bond acceptors (Lipinski definition) is 2. The van der Waals surface area contributed by atoms with Crippen LogP contribution in [0.15, 0.2) is 30.3 Å². The maximum absolute atomic E-state index is 12.0. The van der Waals surface area contributed by atoms with Gasteiger partial charge in [0.2, 0.25) is 0 Å². The van der Waals surface area contributed by atoms with E-state index in [9.17, 15) is 9.90 Å². The molecule has 0 bridgehead atoms. The number of carbonyl (C=O) groups is 1. The van der Waals surface area contributed by atoms with Crippen LogP contribution >= 0.6 is 0 Å². The van der Waals surface area contributed by atoms with Crippen LogP contribution in [-0.2, 0) is 0 Å². The molecule has 0 aromatic heterocycles. The van der Waals surface area contributed by atoms with Crippen molar-refractivity contribution in [3.05, 3.63) is 35.9 Å².